The highest BCUT2D eigenvalue weighted by atomic mass is 35.5. The summed E-state index contributed by atoms with van der Waals surface area (Å²) in [5.74, 6) is -0.0405. The lowest BCUT2D eigenvalue weighted by atomic mass is 10.2. The summed E-state index contributed by atoms with van der Waals surface area (Å²) in [6.45, 7) is 1.85. The molecule has 1 aromatic heterocycles. The molecule has 0 amide bonds. The topological polar surface area (TPSA) is 53.1 Å². The van der Waals surface area contributed by atoms with E-state index >= 15 is 0 Å². The number of H-pyrrole nitrogens is 1. The number of rotatable bonds is 1. The molecule has 1 heterocycles. The first-order chi connectivity index (χ1) is 5.15. The van der Waals surface area contributed by atoms with Crippen LogP contribution in [0.1, 0.15) is 12.5 Å². The van der Waals surface area contributed by atoms with Gasteiger partial charge in [0.2, 0.25) is 0 Å². The van der Waals surface area contributed by atoms with Gasteiger partial charge in [-0.25, -0.2) is 0 Å². The average molecular weight is 210 g/mol. The summed E-state index contributed by atoms with van der Waals surface area (Å²) in [7, 11) is 0. The van der Waals surface area contributed by atoms with Crippen molar-refractivity contribution < 1.29 is 5.11 Å². The van der Waals surface area contributed by atoms with E-state index in [-0.39, 0.29) is 28.9 Å². The van der Waals surface area contributed by atoms with Crippen LogP contribution in [0.3, 0.4) is 0 Å². The first-order valence-electron chi connectivity index (χ1n) is 3.25. The molecule has 0 spiro atoms. The molecular formula is C7H9Cl2NO2. The normalized spacial score (nSPS) is 9.17. The quantitative estimate of drug-likeness (QED) is 0.693. The van der Waals surface area contributed by atoms with Crippen LogP contribution in [0.5, 0.6) is 5.75 Å². The van der Waals surface area contributed by atoms with Crippen LogP contribution >= 0.6 is 24.0 Å². The fourth-order valence-electron chi connectivity index (χ4n) is 0.880. The van der Waals surface area contributed by atoms with Crippen LogP contribution in [-0.2, 0) is 6.42 Å². The molecule has 5 heteroatoms. The Morgan fingerprint density at radius 1 is 1.67 bits per heavy atom. The molecule has 0 bridgehead atoms. The summed E-state index contributed by atoms with van der Waals surface area (Å²) in [5.41, 5.74) is 0.191. The van der Waals surface area contributed by atoms with Crippen molar-refractivity contribution >= 4 is 24.0 Å². The van der Waals surface area contributed by atoms with E-state index in [9.17, 15) is 4.79 Å². The van der Waals surface area contributed by atoms with Gasteiger partial charge in [0.05, 0.1) is 0 Å². The highest BCUT2D eigenvalue weighted by molar-refractivity contribution is 6.30. The predicted molar refractivity (Wildman–Crippen MR) is 50.4 cm³/mol. The lowest BCUT2D eigenvalue weighted by molar-refractivity contribution is 0.467. The Balaban J connectivity index is 0.00000121. The average Bonchev–Trinajstić information content (AvgIpc) is 1.85. The zero-order chi connectivity index (χ0) is 8.43. The van der Waals surface area contributed by atoms with Gasteiger partial charge in [-0.05, 0) is 6.42 Å². The minimum absolute atomic E-state index is 0. The van der Waals surface area contributed by atoms with Crippen LogP contribution in [-0.4, -0.2) is 10.1 Å². The maximum Gasteiger partial charge on any atom is 0.252 e. The van der Waals surface area contributed by atoms with Crippen molar-refractivity contribution in [1.29, 1.82) is 0 Å². The zero-order valence-electron chi connectivity index (χ0n) is 6.43. The van der Waals surface area contributed by atoms with Crippen LogP contribution in [0.4, 0.5) is 0 Å². The SMILES string of the molecule is CCc1c(O)cc(=O)[nH]c1Cl.Cl. The standard InChI is InChI=1S/C7H8ClNO2.ClH/c1-2-4-5(10)3-6(11)9-7(4)8;/h3H,2H2,1H3,(H2,9,10,11);1H. The molecule has 2 N–H and O–H groups in total. The molecule has 0 atom stereocenters. The fourth-order valence-corrected chi connectivity index (χ4v) is 1.20. The second-order valence-electron chi connectivity index (χ2n) is 2.16. The van der Waals surface area contributed by atoms with E-state index in [0.29, 0.717) is 12.0 Å². The summed E-state index contributed by atoms with van der Waals surface area (Å²) in [6.07, 6.45) is 0.599. The van der Waals surface area contributed by atoms with Gasteiger partial charge < -0.3 is 10.1 Å². The summed E-state index contributed by atoms with van der Waals surface area (Å²) in [5, 5.41) is 9.39. The van der Waals surface area contributed by atoms with E-state index < -0.39 is 0 Å². The smallest absolute Gasteiger partial charge is 0.252 e. The molecule has 68 valence electrons. The van der Waals surface area contributed by atoms with Crippen molar-refractivity contribution in [1.82, 2.24) is 4.98 Å². The molecule has 0 fully saturated rings. The number of hydrogen-bond acceptors (Lipinski definition) is 2. The molecule has 0 saturated carbocycles. The van der Waals surface area contributed by atoms with Gasteiger partial charge in [-0.15, -0.1) is 12.4 Å². The van der Waals surface area contributed by atoms with Crippen LogP contribution in [0, 0.1) is 0 Å². The van der Waals surface area contributed by atoms with Gasteiger partial charge in [0.25, 0.3) is 5.56 Å². The van der Waals surface area contributed by atoms with E-state index in [1.165, 1.54) is 0 Å². The number of aromatic nitrogens is 1. The van der Waals surface area contributed by atoms with Gasteiger partial charge in [0.15, 0.2) is 0 Å². The van der Waals surface area contributed by atoms with Crippen molar-refractivity contribution in [3.63, 3.8) is 0 Å². The van der Waals surface area contributed by atoms with Gasteiger partial charge in [0, 0.05) is 11.6 Å². The highest BCUT2D eigenvalue weighted by Crippen LogP contribution is 2.20. The third-order valence-corrected chi connectivity index (χ3v) is 1.75. The third kappa shape index (κ3) is 2.16. The van der Waals surface area contributed by atoms with E-state index in [1.54, 1.807) is 0 Å². The van der Waals surface area contributed by atoms with E-state index in [0.717, 1.165) is 6.07 Å². The maximum atomic E-state index is 10.7. The first-order valence-corrected chi connectivity index (χ1v) is 3.63. The number of hydrogen-bond donors (Lipinski definition) is 2. The molecule has 0 aliphatic heterocycles. The van der Waals surface area contributed by atoms with Crippen molar-refractivity contribution in [3.8, 4) is 5.75 Å². The van der Waals surface area contributed by atoms with Crippen LogP contribution < -0.4 is 5.56 Å². The van der Waals surface area contributed by atoms with Crippen molar-refractivity contribution in [2.75, 3.05) is 0 Å². The minimum atomic E-state index is -0.385. The Bertz CT molecular complexity index is 295. The van der Waals surface area contributed by atoms with Gasteiger partial charge in [-0.3, -0.25) is 4.79 Å². The Kier molecular flexibility index (Phi) is 4.13. The van der Waals surface area contributed by atoms with E-state index in [1.807, 2.05) is 6.92 Å². The summed E-state index contributed by atoms with van der Waals surface area (Å²) < 4.78 is 0. The summed E-state index contributed by atoms with van der Waals surface area (Å²) >= 11 is 5.62. The minimum Gasteiger partial charge on any atom is -0.507 e. The summed E-state index contributed by atoms with van der Waals surface area (Å²) in [4.78, 5) is 13.1. The summed E-state index contributed by atoms with van der Waals surface area (Å²) in [6, 6.07) is 1.12. The number of aromatic hydroxyl groups is 1. The Hall–Kier alpha value is -0.670. The van der Waals surface area contributed by atoms with Crippen molar-refractivity contribution in [3.05, 3.63) is 27.1 Å². The Labute approximate surface area is 80.8 Å². The second-order valence-corrected chi connectivity index (χ2v) is 2.54. The molecule has 0 saturated heterocycles. The molecule has 12 heavy (non-hydrogen) atoms. The van der Waals surface area contributed by atoms with Crippen molar-refractivity contribution in [2.45, 2.75) is 13.3 Å². The van der Waals surface area contributed by atoms with Crippen molar-refractivity contribution in [2.24, 2.45) is 0 Å². The largest absolute Gasteiger partial charge is 0.507 e. The van der Waals surface area contributed by atoms with Gasteiger partial charge in [0.1, 0.15) is 10.9 Å². The number of halogens is 2. The molecular weight excluding hydrogens is 201 g/mol. The highest BCUT2D eigenvalue weighted by Gasteiger charge is 2.04. The van der Waals surface area contributed by atoms with Crippen LogP contribution in [0.15, 0.2) is 10.9 Å². The molecule has 0 aliphatic carbocycles. The number of aromatic amines is 1. The van der Waals surface area contributed by atoms with Gasteiger partial charge >= 0.3 is 0 Å². The molecule has 0 aromatic carbocycles. The third-order valence-electron chi connectivity index (χ3n) is 1.43. The fraction of sp³-hybridized carbons (Fsp3) is 0.286. The molecule has 1 aromatic rings. The zero-order valence-corrected chi connectivity index (χ0v) is 8.00. The molecule has 0 radical (unpaired) electrons. The Morgan fingerprint density at radius 3 is 2.67 bits per heavy atom. The molecule has 0 unspecified atom stereocenters. The van der Waals surface area contributed by atoms with E-state index in [4.69, 9.17) is 16.7 Å². The lowest BCUT2D eigenvalue weighted by Crippen LogP contribution is -2.05. The predicted octanol–water partition coefficient (Wildman–Crippen LogP) is 1.72. The Morgan fingerprint density at radius 2 is 2.25 bits per heavy atom. The van der Waals surface area contributed by atoms with Crippen LogP contribution in [0.2, 0.25) is 5.15 Å². The van der Waals surface area contributed by atoms with E-state index in [2.05, 4.69) is 4.98 Å². The maximum absolute atomic E-state index is 10.7. The first kappa shape index (κ1) is 11.3. The monoisotopic (exact) mass is 209 g/mol. The van der Waals surface area contributed by atoms with Gasteiger partial charge in [-0.1, -0.05) is 18.5 Å². The second kappa shape index (κ2) is 4.38. The van der Waals surface area contributed by atoms with Crippen LogP contribution in [0.25, 0.3) is 0 Å². The molecule has 0 aliphatic rings. The van der Waals surface area contributed by atoms with Gasteiger partial charge in [-0.2, -0.15) is 0 Å². The number of pyridine rings is 1. The lowest BCUT2D eigenvalue weighted by Gasteiger charge is -2.01. The molecule has 3 nitrogen and oxygen atoms in total. The molecule has 1 rings (SSSR count). The number of nitrogens with one attached hydrogen (secondary N) is 1.